The van der Waals surface area contributed by atoms with Crippen LogP contribution < -0.4 is 4.13 Å². The number of ether oxygens (including phenoxy) is 1. The molecule has 2 N–H and O–H groups in total. The van der Waals surface area contributed by atoms with Gasteiger partial charge in [0.1, 0.15) is 12.3 Å². The Labute approximate surface area is 152 Å². The first kappa shape index (κ1) is 21.2. The summed E-state index contributed by atoms with van der Waals surface area (Å²) >= 11 is 3.23. The van der Waals surface area contributed by atoms with E-state index in [0.717, 1.165) is 30.6 Å². The maximum Gasteiger partial charge on any atom is 0.155 e. The van der Waals surface area contributed by atoms with E-state index < -0.39 is 5.60 Å². The highest BCUT2D eigenvalue weighted by atomic mass is 32.2. The van der Waals surface area contributed by atoms with Crippen LogP contribution in [0, 0.1) is 0 Å². The van der Waals surface area contributed by atoms with Crippen LogP contribution >= 0.6 is 25.1 Å². The van der Waals surface area contributed by atoms with Crippen molar-refractivity contribution in [1.29, 1.82) is 0 Å². The first-order valence-corrected chi connectivity index (χ1v) is 8.83. The lowest BCUT2D eigenvalue weighted by atomic mass is 9.90. The summed E-state index contributed by atoms with van der Waals surface area (Å²) in [7, 11) is 1.65. The Morgan fingerprint density at radius 3 is 2.79 bits per heavy atom. The zero-order valence-corrected chi connectivity index (χ0v) is 15.9. The summed E-state index contributed by atoms with van der Waals surface area (Å²) in [5.74, 6) is 0.371. The fourth-order valence-electron chi connectivity index (χ4n) is 2.34. The van der Waals surface area contributed by atoms with Crippen molar-refractivity contribution >= 4 is 30.8 Å². The highest BCUT2D eigenvalue weighted by molar-refractivity contribution is 8.02. The molecule has 2 unspecified atom stereocenters. The third-order valence-electron chi connectivity index (χ3n) is 4.07. The van der Waals surface area contributed by atoms with E-state index in [0.29, 0.717) is 5.92 Å². The molecule has 2 atom stereocenters. The second-order valence-corrected chi connectivity index (χ2v) is 6.50. The predicted octanol–water partition coefficient (Wildman–Crippen LogP) is 3.35. The van der Waals surface area contributed by atoms with E-state index >= 15 is 0 Å². The van der Waals surface area contributed by atoms with Crippen LogP contribution in [0.3, 0.4) is 0 Å². The number of methoxy groups -OCH3 is 1. The average molecular weight is 377 g/mol. The van der Waals surface area contributed by atoms with Gasteiger partial charge in [0.15, 0.2) is 5.65 Å². The second kappa shape index (κ2) is 10.9. The fourth-order valence-corrected chi connectivity index (χ4v) is 2.34. The van der Waals surface area contributed by atoms with Gasteiger partial charge < -0.3 is 9.84 Å². The molecule has 0 fully saturated rings. The van der Waals surface area contributed by atoms with Crippen molar-refractivity contribution in [2.24, 2.45) is 0 Å². The maximum atomic E-state index is 10.5. The molecule has 2 aromatic heterocycles. The number of hydrogen-bond acceptors (Lipinski definition) is 7. The molecule has 0 bridgehead atoms. The number of rotatable bonds is 8. The summed E-state index contributed by atoms with van der Waals surface area (Å²) < 4.78 is 19.5. The Kier molecular flexibility index (Phi) is 9.60. The van der Waals surface area contributed by atoms with E-state index in [9.17, 15) is 8.99 Å². The lowest BCUT2D eigenvalue weighted by molar-refractivity contribution is -0.0455. The van der Waals surface area contributed by atoms with Crippen LogP contribution in [-0.2, 0) is 4.74 Å². The number of nitrogens with one attached hydrogen (secondary N) is 1. The number of thiol groups is 1. The normalized spacial score (nSPS) is 14.8. The van der Waals surface area contributed by atoms with E-state index in [-0.39, 0.29) is 18.9 Å². The van der Waals surface area contributed by atoms with Gasteiger partial charge in [-0.15, -0.1) is 3.89 Å². The average Bonchev–Trinajstić information content (AvgIpc) is 3.10. The van der Waals surface area contributed by atoms with Crippen molar-refractivity contribution in [1.82, 2.24) is 18.7 Å². The number of nitrogens with zero attached hydrogens (tertiary/aromatic N) is 3. The molecular formula is C15H25FN4O2S2. The quantitative estimate of drug-likeness (QED) is 0.485. The van der Waals surface area contributed by atoms with Crippen LogP contribution in [0.25, 0.3) is 5.65 Å². The lowest BCUT2D eigenvalue weighted by Gasteiger charge is -2.27. The van der Waals surface area contributed by atoms with Gasteiger partial charge in [0.2, 0.25) is 0 Å². The molecule has 0 aliphatic heterocycles. The summed E-state index contributed by atoms with van der Waals surface area (Å²) in [6.07, 6.45) is 6.47. The summed E-state index contributed by atoms with van der Waals surface area (Å²) in [6.45, 7) is 4.14. The van der Waals surface area contributed by atoms with Crippen LogP contribution in [0.5, 0.6) is 0 Å². The highest BCUT2D eigenvalue weighted by Crippen LogP contribution is 2.28. The zero-order valence-electron chi connectivity index (χ0n) is 14.1. The van der Waals surface area contributed by atoms with E-state index in [4.69, 9.17) is 4.74 Å². The van der Waals surface area contributed by atoms with Gasteiger partial charge >= 0.3 is 0 Å². The number of aromatic nitrogens is 3. The molecule has 2 aromatic rings. The van der Waals surface area contributed by atoms with E-state index in [2.05, 4.69) is 29.8 Å². The number of halogens is 1. The third kappa shape index (κ3) is 6.21. The van der Waals surface area contributed by atoms with Crippen molar-refractivity contribution in [3.63, 3.8) is 0 Å². The molecule has 136 valence electrons. The van der Waals surface area contributed by atoms with Gasteiger partial charge in [-0.25, -0.2) is 9.50 Å². The SMILES string of the molecule is CCC(CCC(C)(CO)OC)c1ccn2nccc2n1.FSNS. The summed E-state index contributed by atoms with van der Waals surface area (Å²) in [4.78, 5) is 4.66. The molecule has 2 heterocycles. The highest BCUT2D eigenvalue weighted by Gasteiger charge is 2.24. The fraction of sp³-hybridized carbons (Fsp3) is 0.600. The minimum absolute atomic E-state index is 0.0293. The molecule has 9 heteroatoms. The Bertz CT molecular complexity index is 594. The maximum absolute atomic E-state index is 10.5. The van der Waals surface area contributed by atoms with Gasteiger partial charge in [0.05, 0.1) is 18.4 Å². The number of aliphatic hydroxyl groups is 1. The number of aliphatic hydroxyl groups excluding tert-OH is 1. The molecule has 6 nitrogen and oxygen atoms in total. The lowest BCUT2D eigenvalue weighted by Crippen LogP contribution is -2.32. The molecule has 0 spiro atoms. The van der Waals surface area contributed by atoms with Gasteiger partial charge in [-0.1, -0.05) is 19.7 Å². The molecule has 0 aromatic carbocycles. The first-order chi connectivity index (χ1) is 11.5. The smallest absolute Gasteiger partial charge is 0.155 e. The topological polar surface area (TPSA) is 71.7 Å². The second-order valence-electron chi connectivity index (χ2n) is 5.61. The molecule has 0 saturated carbocycles. The Hall–Kier alpha value is -0.870. The Balaban J connectivity index is 0.000000648. The van der Waals surface area contributed by atoms with Crippen LogP contribution in [0.2, 0.25) is 0 Å². The summed E-state index contributed by atoms with van der Waals surface area (Å²) in [6, 6.07) is 3.93. The van der Waals surface area contributed by atoms with Crippen molar-refractivity contribution in [2.45, 2.75) is 44.6 Å². The minimum Gasteiger partial charge on any atom is -0.393 e. The van der Waals surface area contributed by atoms with Crippen LogP contribution in [0.4, 0.5) is 3.89 Å². The Morgan fingerprint density at radius 2 is 2.25 bits per heavy atom. The van der Waals surface area contributed by atoms with Crippen molar-refractivity contribution < 1.29 is 13.7 Å². The van der Waals surface area contributed by atoms with Gasteiger partial charge in [0.25, 0.3) is 0 Å². The van der Waals surface area contributed by atoms with Crippen molar-refractivity contribution in [3.8, 4) is 0 Å². The molecule has 0 aliphatic carbocycles. The largest absolute Gasteiger partial charge is 0.393 e. The van der Waals surface area contributed by atoms with Crippen molar-refractivity contribution in [2.75, 3.05) is 13.7 Å². The van der Waals surface area contributed by atoms with E-state index in [1.54, 1.807) is 17.8 Å². The standard InChI is InChI=1S/C15H23N3O2.FH2NS2/c1-4-12(5-8-15(2,11-19)20-3)13-7-10-18-14(17-13)6-9-16-18;1-4-2-3/h6-7,9-10,12,19H,4-5,8,11H2,1-3H3;2-3H. The van der Waals surface area contributed by atoms with Crippen LogP contribution in [-0.4, -0.2) is 39.0 Å². The van der Waals surface area contributed by atoms with Gasteiger partial charge in [0, 0.05) is 31.0 Å². The molecule has 0 saturated heterocycles. The number of fused-ring (bicyclic) bond motifs is 1. The van der Waals surface area contributed by atoms with Gasteiger partial charge in [-0.3, -0.25) is 0 Å². The zero-order chi connectivity index (χ0) is 18.0. The van der Waals surface area contributed by atoms with Gasteiger partial charge in [-0.05, 0) is 32.3 Å². The molecule has 2 rings (SSSR count). The minimum atomic E-state index is -0.464. The first-order valence-electron chi connectivity index (χ1n) is 7.66. The van der Waals surface area contributed by atoms with E-state index in [1.165, 1.54) is 0 Å². The van der Waals surface area contributed by atoms with Crippen LogP contribution in [0.15, 0.2) is 24.5 Å². The van der Waals surface area contributed by atoms with Gasteiger partial charge in [-0.2, -0.15) is 9.23 Å². The molecule has 0 radical (unpaired) electrons. The number of hydrogen-bond donors (Lipinski definition) is 3. The van der Waals surface area contributed by atoms with Crippen molar-refractivity contribution in [3.05, 3.63) is 30.2 Å². The molecular weight excluding hydrogens is 351 g/mol. The Morgan fingerprint density at radius 1 is 1.54 bits per heavy atom. The summed E-state index contributed by atoms with van der Waals surface area (Å²) in [5, 5.41) is 13.6. The molecule has 24 heavy (non-hydrogen) atoms. The van der Waals surface area contributed by atoms with E-state index in [1.807, 2.05) is 29.4 Å². The monoisotopic (exact) mass is 376 g/mol. The molecule has 0 amide bonds. The molecule has 0 aliphatic rings. The van der Waals surface area contributed by atoms with Crippen LogP contribution in [0.1, 0.15) is 44.7 Å². The third-order valence-corrected chi connectivity index (χ3v) is 4.35. The predicted molar refractivity (Wildman–Crippen MR) is 98.6 cm³/mol. The summed E-state index contributed by atoms with van der Waals surface area (Å²) in [5.41, 5.74) is 1.49.